The normalized spacial score (nSPS) is 20.0. The van der Waals surface area contributed by atoms with E-state index in [0.29, 0.717) is 6.42 Å². The molecule has 35 valence electrons. The van der Waals surface area contributed by atoms with Gasteiger partial charge in [-0.3, -0.25) is 0 Å². The number of rotatable bonds is 0. The van der Waals surface area contributed by atoms with Crippen molar-refractivity contribution >= 4 is 32.2 Å². The molecule has 2 nitrogen and oxygen atoms in total. The average molecular weight is 199 g/mol. The number of carbonyl (C=O) groups is 2. The Morgan fingerprint density at radius 1 is 1.43 bits per heavy atom. The fourth-order valence-corrected chi connectivity index (χ4v) is 3.54. The fourth-order valence-electron chi connectivity index (χ4n) is 0.571. The van der Waals surface area contributed by atoms with Crippen LogP contribution >= 0.6 is 0 Å². The van der Waals surface area contributed by atoms with Crippen LogP contribution in [-0.2, 0) is 9.59 Å². The number of Topliss-reactive ketones (excluding diaryl/α,β-unsaturated/α-hetero) is 1. The van der Waals surface area contributed by atoms with Crippen molar-refractivity contribution in [3.63, 3.8) is 0 Å². The number of hydrogen-bond acceptors (Lipinski definition) is 2. The van der Waals surface area contributed by atoms with Crippen LogP contribution in [0, 0.1) is 0 Å². The molecular weight excluding hydrogens is 195 g/mol. The summed E-state index contributed by atoms with van der Waals surface area (Å²) in [7, 11) is 0. The second kappa shape index (κ2) is 1.99. The third-order valence-corrected chi connectivity index (χ3v) is 4.60. The standard InChI is InChI=1S/C4H4O2.In/c1-2-4(6)3-5;/h1-2H2;. The summed E-state index contributed by atoms with van der Waals surface area (Å²) in [5, 5.41) is 0. The third kappa shape index (κ3) is 1.06. The zero-order valence-corrected chi connectivity index (χ0v) is 7.10. The fraction of sp³-hybridized carbons (Fsp3) is 0.500. The number of carbonyl (C=O) groups excluding carboxylic acids is 2. The van der Waals surface area contributed by atoms with E-state index in [9.17, 15) is 9.59 Å². The van der Waals surface area contributed by atoms with E-state index in [1.165, 1.54) is 0 Å². The molecule has 1 radical (unpaired) electrons. The van der Waals surface area contributed by atoms with Crippen LogP contribution in [-0.4, -0.2) is 32.2 Å². The van der Waals surface area contributed by atoms with Crippen molar-refractivity contribution in [2.45, 2.75) is 10.6 Å². The first kappa shape index (κ1) is 5.35. The number of ketones is 1. The molecule has 0 saturated carbocycles. The molecular formula is C4H4InO2. The van der Waals surface area contributed by atoms with Gasteiger partial charge in [0, 0.05) is 0 Å². The van der Waals surface area contributed by atoms with Gasteiger partial charge in [-0.25, -0.2) is 0 Å². The Morgan fingerprint density at radius 3 is 2.29 bits per heavy atom. The summed E-state index contributed by atoms with van der Waals surface area (Å²) in [6.45, 7) is 0. The van der Waals surface area contributed by atoms with Gasteiger partial charge in [-0.2, -0.15) is 0 Å². The van der Waals surface area contributed by atoms with Crippen LogP contribution in [0.3, 0.4) is 0 Å². The number of hydrogen-bond donors (Lipinski definition) is 0. The molecule has 3 heteroatoms. The van der Waals surface area contributed by atoms with E-state index >= 15 is 0 Å². The Kier molecular flexibility index (Phi) is 1.52. The van der Waals surface area contributed by atoms with Crippen molar-refractivity contribution in [1.29, 1.82) is 0 Å². The van der Waals surface area contributed by atoms with E-state index in [2.05, 4.69) is 0 Å². The zero-order valence-electron chi connectivity index (χ0n) is 3.81. The van der Waals surface area contributed by atoms with Crippen molar-refractivity contribution in [2.75, 3.05) is 0 Å². The summed E-state index contributed by atoms with van der Waals surface area (Å²) in [6.07, 6.45) is 0.569. The summed E-state index contributed by atoms with van der Waals surface area (Å²) in [5.41, 5.74) is 0. The molecule has 1 saturated heterocycles. The molecule has 0 aliphatic carbocycles. The summed E-state index contributed by atoms with van der Waals surface area (Å²) in [5.74, 6) is -0.0961. The Labute approximate surface area is 52.6 Å². The minimum absolute atomic E-state index is 0.00944. The van der Waals surface area contributed by atoms with E-state index in [-0.39, 0.29) is 9.32 Å². The summed E-state index contributed by atoms with van der Waals surface area (Å²) in [6, 6.07) is 0. The second-order valence-electron chi connectivity index (χ2n) is 1.53. The summed E-state index contributed by atoms with van der Waals surface area (Å²) < 4.78 is 0.975. The molecule has 0 bridgehead atoms. The molecule has 0 spiro atoms. The molecule has 0 amide bonds. The molecule has 0 aromatic carbocycles. The van der Waals surface area contributed by atoms with Gasteiger partial charge in [-0.05, 0) is 0 Å². The van der Waals surface area contributed by atoms with Crippen LogP contribution in [0.2, 0.25) is 4.18 Å². The van der Waals surface area contributed by atoms with Crippen LogP contribution in [0.5, 0.6) is 0 Å². The first-order chi connectivity index (χ1) is 3.30. The van der Waals surface area contributed by atoms with E-state index in [1.54, 1.807) is 0 Å². The molecule has 7 heavy (non-hydrogen) atoms. The minimum atomic E-state index is -0.956. The Hall–Kier alpha value is 0.210. The molecule has 0 unspecified atom stereocenters. The van der Waals surface area contributed by atoms with Gasteiger partial charge in [0.25, 0.3) is 0 Å². The summed E-state index contributed by atoms with van der Waals surface area (Å²) >= 11 is -0.956. The van der Waals surface area contributed by atoms with Gasteiger partial charge in [-0.1, -0.05) is 0 Å². The zero-order chi connectivity index (χ0) is 5.28. The van der Waals surface area contributed by atoms with Crippen molar-refractivity contribution < 1.29 is 9.59 Å². The van der Waals surface area contributed by atoms with Crippen LogP contribution in [0.15, 0.2) is 0 Å². The van der Waals surface area contributed by atoms with E-state index < -0.39 is 22.9 Å². The molecule has 1 aliphatic heterocycles. The van der Waals surface area contributed by atoms with Crippen LogP contribution in [0.1, 0.15) is 6.42 Å². The monoisotopic (exact) mass is 199 g/mol. The predicted molar refractivity (Wildman–Crippen MR) is 25.2 cm³/mol. The molecule has 1 aliphatic rings. The van der Waals surface area contributed by atoms with Crippen LogP contribution in [0.4, 0.5) is 0 Å². The molecule has 0 N–H and O–H groups in total. The van der Waals surface area contributed by atoms with Gasteiger partial charge in [-0.15, -0.1) is 0 Å². The maximum atomic E-state index is 10.3. The second-order valence-corrected chi connectivity index (χ2v) is 5.84. The summed E-state index contributed by atoms with van der Waals surface area (Å²) in [4.78, 5) is 20.6. The Balaban J connectivity index is 2.65. The Morgan fingerprint density at radius 2 is 2.14 bits per heavy atom. The third-order valence-electron chi connectivity index (χ3n) is 0.976. The van der Waals surface area contributed by atoms with Crippen molar-refractivity contribution in [3.05, 3.63) is 0 Å². The molecule has 1 rings (SSSR count). The van der Waals surface area contributed by atoms with Gasteiger partial charge in [0.15, 0.2) is 0 Å². The first-order valence-corrected chi connectivity index (χ1v) is 6.19. The van der Waals surface area contributed by atoms with Crippen LogP contribution in [0.25, 0.3) is 0 Å². The van der Waals surface area contributed by atoms with Gasteiger partial charge in [0.1, 0.15) is 0 Å². The predicted octanol–water partition coefficient (Wildman–Crippen LogP) is -0.392. The van der Waals surface area contributed by atoms with Gasteiger partial charge in [0.05, 0.1) is 0 Å². The Bertz CT molecular complexity index is 105. The molecule has 1 heterocycles. The SMILES string of the molecule is O=C1C[CH2][In][C]1=O. The van der Waals surface area contributed by atoms with Crippen LogP contribution < -0.4 is 0 Å². The van der Waals surface area contributed by atoms with E-state index in [4.69, 9.17) is 0 Å². The quantitative estimate of drug-likeness (QED) is 0.497. The van der Waals surface area contributed by atoms with Crippen molar-refractivity contribution in [1.82, 2.24) is 0 Å². The molecule has 0 aromatic heterocycles. The van der Waals surface area contributed by atoms with Gasteiger partial charge >= 0.3 is 52.4 Å². The average Bonchev–Trinajstić information content (AvgIpc) is 1.91. The maximum absolute atomic E-state index is 10.3. The molecule has 0 aromatic rings. The molecule has 1 fully saturated rings. The van der Waals surface area contributed by atoms with Crippen molar-refractivity contribution in [2.24, 2.45) is 0 Å². The van der Waals surface area contributed by atoms with E-state index in [1.807, 2.05) is 0 Å². The van der Waals surface area contributed by atoms with E-state index in [0.717, 1.165) is 4.18 Å². The van der Waals surface area contributed by atoms with Gasteiger partial charge in [0.2, 0.25) is 0 Å². The van der Waals surface area contributed by atoms with Crippen molar-refractivity contribution in [3.8, 4) is 0 Å². The topological polar surface area (TPSA) is 34.1 Å². The first-order valence-electron chi connectivity index (χ1n) is 2.21. The molecule has 0 atom stereocenters. The van der Waals surface area contributed by atoms with Gasteiger partial charge < -0.3 is 0 Å².